The number of piperidine rings is 1. The molecule has 3 heterocycles. The molecule has 0 atom stereocenters. The molecule has 1 aromatic carbocycles. The van der Waals surface area contributed by atoms with Crippen LogP contribution >= 0.6 is 22.9 Å². The van der Waals surface area contributed by atoms with Crippen LogP contribution in [0.5, 0.6) is 5.75 Å². The Morgan fingerprint density at radius 3 is 2.86 bits per heavy atom. The number of benzene rings is 1. The van der Waals surface area contributed by atoms with E-state index in [1.54, 1.807) is 7.11 Å². The molecule has 5 nitrogen and oxygen atoms in total. The third kappa shape index (κ3) is 3.95. The number of likely N-dealkylation sites (tertiary alicyclic amines) is 1. The maximum atomic E-state index is 12.6. The lowest BCUT2D eigenvalue weighted by molar-refractivity contribution is 0.0948. The number of halogens is 1. The van der Waals surface area contributed by atoms with Crippen LogP contribution in [0.2, 0.25) is 5.02 Å². The summed E-state index contributed by atoms with van der Waals surface area (Å²) >= 11 is 7.79. The van der Waals surface area contributed by atoms with Gasteiger partial charge in [-0.05, 0) is 56.1 Å². The number of hydrogen-bond acceptors (Lipinski definition) is 5. The maximum absolute atomic E-state index is 12.6. The predicted molar refractivity (Wildman–Crippen MR) is 116 cm³/mol. The third-order valence-corrected chi connectivity index (χ3v) is 6.82. The molecule has 1 amide bonds. The molecule has 0 radical (unpaired) electrons. The van der Waals surface area contributed by atoms with Gasteiger partial charge in [0.05, 0.1) is 17.5 Å². The monoisotopic (exact) mass is 417 g/mol. The Kier molecular flexibility index (Phi) is 5.71. The van der Waals surface area contributed by atoms with E-state index in [9.17, 15) is 4.79 Å². The number of methoxy groups -OCH3 is 1. The Bertz CT molecular complexity index is 1010. The highest BCUT2D eigenvalue weighted by Gasteiger charge is 2.17. The fourth-order valence-corrected chi connectivity index (χ4v) is 4.84. The van der Waals surface area contributed by atoms with Crippen molar-refractivity contribution in [2.24, 2.45) is 5.92 Å². The second-order valence-electron chi connectivity index (χ2n) is 7.43. The molecule has 0 aliphatic carbocycles. The number of fused-ring (bicyclic) bond motifs is 2. The van der Waals surface area contributed by atoms with Gasteiger partial charge in [-0.1, -0.05) is 18.5 Å². The van der Waals surface area contributed by atoms with Crippen LogP contribution in [0, 0.1) is 5.92 Å². The SMILES string of the molecule is COc1ccc2cc3cc(C(=O)NCCN4CCC(C)CC4)sc3nc2c1Cl. The van der Waals surface area contributed by atoms with E-state index in [0.29, 0.717) is 27.7 Å². The summed E-state index contributed by atoms with van der Waals surface area (Å²) in [5.74, 6) is 1.38. The Morgan fingerprint density at radius 1 is 1.32 bits per heavy atom. The number of amides is 1. The average Bonchev–Trinajstić information content (AvgIpc) is 3.12. The van der Waals surface area contributed by atoms with Gasteiger partial charge < -0.3 is 15.0 Å². The molecule has 148 valence electrons. The predicted octanol–water partition coefficient (Wildman–Crippen LogP) is 4.57. The molecule has 1 saturated heterocycles. The molecule has 0 saturated carbocycles. The van der Waals surface area contributed by atoms with Crippen molar-refractivity contribution in [3.8, 4) is 5.75 Å². The molecule has 28 heavy (non-hydrogen) atoms. The topological polar surface area (TPSA) is 54.5 Å². The standard InChI is InChI=1S/C21H24ClN3O2S/c1-13-5-8-25(9-6-13)10-7-23-20(26)17-12-15-11-14-3-4-16(27-2)18(22)19(14)24-21(15)28-17/h3-4,11-13H,5-10H2,1-2H3,(H,23,26). The van der Waals surface area contributed by atoms with Crippen molar-refractivity contribution in [3.05, 3.63) is 34.2 Å². The number of pyridine rings is 1. The zero-order valence-electron chi connectivity index (χ0n) is 16.1. The molecule has 1 N–H and O–H groups in total. The number of ether oxygens (including phenoxy) is 1. The van der Waals surface area contributed by atoms with Crippen LogP contribution in [0.25, 0.3) is 21.1 Å². The first-order valence-electron chi connectivity index (χ1n) is 9.62. The van der Waals surface area contributed by atoms with E-state index >= 15 is 0 Å². The van der Waals surface area contributed by atoms with Crippen LogP contribution in [0.15, 0.2) is 24.3 Å². The Balaban J connectivity index is 1.47. The molecule has 0 spiro atoms. The normalized spacial score (nSPS) is 16.0. The molecule has 0 bridgehead atoms. The van der Waals surface area contributed by atoms with Gasteiger partial charge in [-0.25, -0.2) is 4.98 Å². The third-order valence-electron chi connectivity index (χ3n) is 5.41. The van der Waals surface area contributed by atoms with Crippen molar-refractivity contribution in [1.29, 1.82) is 0 Å². The van der Waals surface area contributed by atoms with Gasteiger partial charge >= 0.3 is 0 Å². The molecule has 0 unspecified atom stereocenters. The molecule has 3 aromatic rings. The number of rotatable bonds is 5. The van der Waals surface area contributed by atoms with E-state index < -0.39 is 0 Å². The van der Waals surface area contributed by atoms with Crippen LogP contribution in [-0.2, 0) is 0 Å². The average molecular weight is 418 g/mol. The minimum Gasteiger partial charge on any atom is -0.495 e. The Labute approximate surface area is 173 Å². The largest absolute Gasteiger partial charge is 0.495 e. The van der Waals surface area contributed by atoms with E-state index in [2.05, 4.69) is 22.1 Å². The summed E-state index contributed by atoms with van der Waals surface area (Å²) in [6.07, 6.45) is 2.49. The molecule has 2 aromatic heterocycles. The summed E-state index contributed by atoms with van der Waals surface area (Å²) in [4.78, 5) is 21.1. The van der Waals surface area contributed by atoms with Crippen LogP contribution in [0.3, 0.4) is 0 Å². The van der Waals surface area contributed by atoms with Gasteiger partial charge in [-0.15, -0.1) is 11.3 Å². The summed E-state index contributed by atoms with van der Waals surface area (Å²) in [5, 5.41) is 5.43. The van der Waals surface area contributed by atoms with Crippen LogP contribution < -0.4 is 10.1 Å². The lowest BCUT2D eigenvalue weighted by Crippen LogP contribution is -2.39. The lowest BCUT2D eigenvalue weighted by atomic mass is 9.99. The Morgan fingerprint density at radius 2 is 2.11 bits per heavy atom. The molecule has 7 heteroatoms. The Hall–Kier alpha value is -1.89. The molecule has 1 aliphatic rings. The molecule has 4 rings (SSSR count). The number of thiophene rings is 1. The summed E-state index contributed by atoms with van der Waals surface area (Å²) in [7, 11) is 1.59. The first-order valence-corrected chi connectivity index (χ1v) is 10.8. The van der Waals surface area contributed by atoms with Crippen LogP contribution in [-0.4, -0.2) is 49.1 Å². The zero-order chi connectivity index (χ0) is 19.7. The highest BCUT2D eigenvalue weighted by atomic mass is 35.5. The van der Waals surface area contributed by atoms with Gasteiger partial charge in [0.25, 0.3) is 5.91 Å². The molecule has 1 fully saturated rings. The van der Waals surface area contributed by atoms with Crippen molar-refractivity contribution in [2.75, 3.05) is 33.3 Å². The molecular formula is C21H24ClN3O2S. The van der Waals surface area contributed by atoms with Gasteiger partial charge in [0.15, 0.2) is 0 Å². The van der Waals surface area contributed by atoms with Gasteiger partial charge in [-0.3, -0.25) is 4.79 Å². The summed E-state index contributed by atoms with van der Waals surface area (Å²) in [5.41, 5.74) is 0.696. The first kappa shape index (κ1) is 19.4. The van der Waals surface area contributed by atoms with Crippen LogP contribution in [0.1, 0.15) is 29.4 Å². The van der Waals surface area contributed by atoms with E-state index in [-0.39, 0.29) is 5.91 Å². The summed E-state index contributed by atoms with van der Waals surface area (Å²) in [6, 6.07) is 7.69. The number of carbonyl (C=O) groups is 1. The first-order chi connectivity index (χ1) is 13.5. The quantitative estimate of drug-likeness (QED) is 0.660. The maximum Gasteiger partial charge on any atom is 0.261 e. The number of carbonyl (C=O) groups excluding carboxylic acids is 1. The van der Waals surface area contributed by atoms with Crippen molar-refractivity contribution in [1.82, 2.24) is 15.2 Å². The second-order valence-corrected chi connectivity index (χ2v) is 8.84. The van der Waals surface area contributed by atoms with Gasteiger partial charge in [0.1, 0.15) is 15.6 Å². The molecular weight excluding hydrogens is 394 g/mol. The van der Waals surface area contributed by atoms with Crippen molar-refractivity contribution in [3.63, 3.8) is 0 Å². The number of hydrogen-bond donors (Lipinski definition) is 1. The van der Waals surface area contributed by atoms with Crippen molar-refractivity contribution < 1.29 is 9.53 Å². The fourth-order valence-electron chi connectivity index (χ4n) is 3.62. The summed E-state index contributed by atoms with van der Waals surface area (Å²) < 4.78 is 5.27. The van der Waals surface area contributed by atoms with E-state index in [0.717, 1.165) is 41.2 Å². The number of aromatic nitrogens is 1. The lowest BCUT2D eigenvalue weighted by Gasteiger charge is -2.30. The summed E-state index contributed by atoms with van der Waals surface area (Å²) in [6.45, 7) is 6.13. The zero-order valence-corrected chi connectivity index (χ0v) is 17.7. The van der Waals surface area contributed by atoms with Crippen LogP contribution in [0.4, 0.5) is 0 Å². The van der Waals surface area contributed by atoms with E-state index in [4.69, 9.17) is 16.3 Å². The smallest absolute Gasteiger partial charge is 0.261 e. The minimum absolute atomic E-state index is 0.0406. The van der Waals surface area contributed by atoms with E-state index in [1.807, 2.05) is 24.3 Å². The highest BCUT2D eigenvalue weighted by molar-refractivity contribution is 7.20. The molecule has 1 aliphatic heterocycles. The number of nitrogens with one attached hydrogen (secondary N) is 1. The second kappa shape index (κ2) is 8.23. The van der Waals surface area contributed by atoms with Crippen molar-refractivity contribution >= 4 is 50.0 Å². The van der Waals surface area contributed by atoms with Crippen molar-refractivity contribution in [2.45, 2.75) is 19.8 Å². The number of nitrogens with zero attached hydrogens (tertiary/aromatic N) is 2. The highest BCUT2D eigenvalue weighted by Crippen LogP contribution is 2.35. The van der Waals surface area contributed by atoms with Gasteiger partial charge in [-0.2, -0.15) is 0 Å². The van der Waals surface area contributed by atoms with Gasteiger partial charge in [0.2, 0.25) is 0 Å². The fraction of sp³-hybridized carbons (Fsp3) is 0.429. The van der Waals surface area contributed by atoms with Gasteiger partial charge in [0, 0.05) is 23.9 Å². The van der Waals surface area contributed by atoms with E-state index in [1.165, 1.54) is 24.2 Å². The minimum atomic E-state index is -0.0406.